The Kier molecular flexibility index (Phi) is 4.26. The van der Waals surface area contributed by atoms with Crippen molar-refractivity contribution in [3.05, 3.63) is 52.8 Å². The van der Waals surface area contributed by atoms with Crippen molar-refractivity contribution in [2.75, 3.05) is 5.32 Å². The van der Waals surface area contributed by atoms with Crippen LogP contribution in [0.5, 0.6) is 0 Å². The average molecular weight is 293 g/mol. The number of benzene rings is 1. The molecule has 0 bridgehead atoms. The summed E-state index contributed by atoms with van der Waals surface area (Å²) in [6.07, 6.45) is 5.51. The van der Waals surface area contributed by atoms with Gasteiger partial charge in [-0.1, -0.05) is 19.1 Å². The van der Waals surface area contributed by atoms with Crippen molar-refractivity contribution in [2.45, 2.75) is 26.4 Å². The Morgan fingerprint density at radius 1 is 1.24 bits per heavy atom. The van der Waals surface area contributed by atoms with Crippen molar-refractivity contribution >= 4 is 21.6 Å². The second kappa shape index (κ2) is 5.92. The van der Waals surface area contributed by atoms with Crippen molar-refractivity contribution in [1.29, 1.82) is 0 Å². The van der Waals surface area contributed by atoms with E-state index in [0.717, 1.165) is 23.2 Å². The van der Waals surface area contributed by atoms with E-state index in [9.17, 15) is 0 Å². The first-order valence-electron chi connectivity index (χ1n) is 5.92. The maximum absolute atomic E-state index is 3.53. The minimum Gasteiger partial charge on any atom is -0.380 e. The van der Waals surface area contributed by atoms with Gasteiger partial charge in [-0.2, -0.15) is 0 Å². The van der Waals surface area contributed by atoms with E-state index in [1.165, 1.54) is 12.0 Å². The van der Waals surface area contributed by atoms with Crippen LogP contribution >= 0.6 is 15.9 Å². The van der Waals surface area contributed by atoms with E-state index in [1.807, 2.05) is 18.2 Å². The average Bonchev–Trinajstić information content (AvgIpc) is 2.76. The highest BCUT2D eigenvalue weighted by Crippen LogP contribution is 2.21. The molecule has 2 rings (SSSR count). The minimum absolute atomic E-state index is 0.860. The molecule has 0 amide bonds. The van der Waals surface area contributed by atoms with Crippen molar-refractivity contribution in [2.24, 2.45) is 0 Å². The van der Waals surface area contributed by atoms with Gasteiger partial charge >= 0.3 is 0 Å². The molecule has 0 saturated heterocycles. The first kappa shape index (κ1) is 12.2. The number of nitrogens with one attached hydrogen (secondary N) is 1. The van der Waals surface area contributed by atoms with Crippen LogP contribution in [0.25, 0.3) is 0 Å². The van der Waals surface area contributed by atoms with Gasteiger partial charge in [0.05, 0.1) is 0 Å². The summed E-state index contributed by atoms with van der Waals surface area (Å²) in [6, 6.07) is 10.3. The lowest BCUT2D eigenvalue weighted by molar-refractivity contribution is 0.681. The van der Waals surface area contributed by atoms with Gasteiger partial charge in [-0.05, 0) is 46.1 Å². The van der Waals surface area contributed by atoms with Crippen LogP contribution in [0.1, 0.15) is 18.9 Å². The quantitative estimate of drug-likeness (QED) is 0.871. The van der Waals surface area contributed by atoms with Crippen LogP contribution in [-0.2, 0) is 13.1 Å². The van der Waals surface area contributed by atoms with Gasteiger partial charge in [-0.3, -0.25) is 0 Å². The molecule has 0 radical (unpaired) electrons. The standard InChI is InChI=1S/C14H17BrN2/c1-2-8-17-9-7-12(11-17)10-16-14-6-4-3-5-13(14)15/h3-7,9,11,16H,2,8,10H2,1H3. The van der Waals surface area contributed by atoms with E-state index in [-0.39, 0.29) is 0 Å². The molecule has 1 N–H and O–H groups in total. The van der Waals surface area contributed by atoms with Crippen LogP contribution in [0.15, 0.2) is 47.2 Å². The molecule has 0 fully saturated rings. The summed E-state index contributed by atoms with van der Waals surface area (Å²) in [4.78, 5) is 0. The summed E-state index contributed by atoms with van der Waals surface area (Å²) in [6.45, 7) is 4.15. The molecule has 2 aromatic rings. The molecule has 0 spiro atoms. The molecule has 3 heteroatoms. The van der Waals surface area contributed by atoms with Crippen LogP contribution < -0.4 is 5.32 Å². The fourth-order valence-corrected chi connectivity index (χ4v) is 2.22. The molecule has 1 aromatic heterocycles. The number of hydrogen-bond acceptors (Lipinski definition) is 1. The summed E-state index contributed by atoms with van der Waals surface area (Å²) < 4.78 is 3.34. The molecule has 0 atom stereocenters. The Morgan fingerprint density at radius 2 is 2.06 bits per heavy atom. The number of halogens is 1. The van der Waals surface area contributed by atoms with E-state index in [4.69, 9.17) is 0 Å². The Labute approximate surface area is 111 Å². The van der Waals surface area contributed by atoms with Gasteiger partial charge in [0.2, 0.25) is 0 Å². The number of aromatic nitrogens is 1. The zero-order chi connectivity index (χ0) is 12.1. The Morgan fingerprint density at radius 3 is 2.82 bits per heavy atom. The smallest absolute Gasteiger partial charge is 0.0487 e. The molecule has 2 nitrogen and oxygen atoms in total. The topological polar surface area (TPSA) is 17.0 Å². The number of anilines is 1. The van der Waals surface area contributed by atoms with Crippen molar-refractivity contribution in [3.8, 4) is 0 Å². The lowest BCUT2D eigenvalue weighted by Crippen LogP contribution is -1.99. The van der Waals surface area contributed by atoms with Crippen molar-refractivity contribution in [1.82, 2.24) is 4.57 Å². The highest BCUT2D eigenvalue weighted by atomic mass is 79.9. The molecule has 0 aliphatic carbocycles. The van der Waals surface area contributed by atoms with Crippen molar-refractivity contribution in [3.63, 3.8) is 0 Å². The Bertz CT molecular complexity index is 477. The largest absolute Gasteiger partial charge is 0.380 e. The molecule has 1 aromatic carbocycles. The van der Waals surface area contributed by atoms with Crippen LogP contribution in [0.2, 0.25) is 0 Å². The van der Waals surface area contributed by atoms with Crippen molar-refractivity contribution < 1.29 is 0 Å². The third-order valence-electron chi connectivity index (χ3n) is 2.65. The SMILES string of the molecule is CCCn1ccc(CNc2ccccc2Br)c1. The van der Waals surface area contributed by atoms with Crippen LogP contribution in [0.3, 0.4) is 0 Å². The third kappa shape index (κ3) is 3.37. The van der Waals surface area contributed by atoms with Gasteiger partial charge in [0, 0.05) is 35.6 Å². The molecule has 17 heavy (non-hydrogen) atoms. The Hall–Kier alpha value is -1.22. The van der Waals surface area contributed by atoms with Gasteiger partial charge in [0.1, 0.15) is 0 Å². The first-order valence-corrected chi connectivity index (χ1v) is 6.72. The second-order valence-electron chi connectivity index (χ2n) is 4.09. The van der Waals surface area contributed by atoms with Gasteiger partial charge < -0.3 is 9.88 Å². The minimum atomic E-state index is 0.860. The molecule has 1 heterocycles. The number of para-hydroxylation sites is 1. The number of hydrogen-bond donors (Lipinski definition) is 1. The zero-order valence-corrected chi connectivity index (χ0v) is 11.6. The molecule has 90 valence electrons. The predicted octanol–water partition coefficient (Wildman–Crippen LogP) is 4.27. The van der Waals surface area contributed by atoms with Gasteiger partial charge in [0.25, 0.3) is 0 Å². The summed E-state index contributed by atoms with van der Waals surface area (Å²) in [5, 5.41) is 3.42. The fourth-order valence-electron chi connectivity index (χ4n) is 1.79. The molecular weight excluding hydrogens is 276 g/mol. The highest BCUT2D eigenvalue weighted by molar-refractivity contribution is 9.10. The zero-order valence-electron chi connectivity index (χ0n) is 9.99. The maximum Gasteiger partial charge on any atom is 0.0487 e. The van der Waals surface area contributed by atoms with Gasteiger partial charge in [-0.15, -0.1) is 0 Å². The number of aryl methyl sites for hydroxylation is 1. The molecule has 0 unspecified atom stereocenters. The van der Waals surface area contributed by atoms with Gasteiger partial charge in [-0.25, -0.2) is 0 Å². The molecular formula is C14H17BrN2. The van der Waals surface area contributed by atoms with E-state index < -0.39 is 0 Å². The Balaban J connectivity index is 1.95. The number of nitrogens with zero attached hydrogens (tertiary/aromatic N) is 1. The summed E-state index contributed by atoms with van der Waals surface area (Å²) in [5.74, 6) is 0. The second-order valence-corrected chi connectivity index (χ2v) is 4.95. The van der Waals surface area contributed by atoms with Crippen LogP contribution in [0, 0.1) is 0 Å². The normalized spacial score (nSPS) is 10.5. The summed E-state index contributed by atoms with van der Waals surface area (Å²) >= 11 is 3.53. The molecule has 0 aliphatic rings. The molecule has 0 saturated carbocycles. The summed E-state index contributed by atoms with van der Waals surface area (Å²) in [7, 11) is 0. The van der Waals surface area contributed by atoms with E-state index in [2.05, 4.69) is 57.3 Å². The summed E-state index contributed by atoms with van der Waals surface area (Å²) in [5.41, 5.74) is 2.45. The van der Waals surface area contributed by atoms with Crippen LogP contribution in [-0.4, -0.2) is 4.57 Å². The van der Waals surface area contributed by atoms with E-state index >= 15 is 0 Å². The van der Waals surface area contributed by atoms with Gasteiger partial charge in [0.15, 0.2) is 0 Å². The predicted molar refractivity (Wildman–Crippen MR) is 76.2 cm³/mol. The number of rotatable bonds is 5. The lowest BCUT2D eigenvalue weighted by atomic mass is 10.3. The lowest BCUT2D eigenvalue weighted by Gasteiger charge is -2.06. The van der Waals surface area contributed by atoms with E-state index in [0.29, 0.717) is 0 Å². The fraction of sp³-hybridized carbons (Fsp3) is 0.286. The maximum atomic E-state index is 3.53. The highest BCUT2D eigenvalue weighted by Gasteiger charge is 1.99. The third-order valence-corrected chi connectivity index (χ3v) is 3.34. The molecule has 0 aliphatic heterocycles. The first-order chi connectivity index (χ1) is 8.29. The van der Waals surface area contributed by atoms with Crippen LogP contribution in [0.4, 0.5) is 5.69 Å². The monoisotopic (exact) mass is 292 g/mol. The van der Waals surface area contributed by atoms with E-state index in [1.54, 1.807) is 0 Å².